The number of rotatable bonds is 4. The molecule has 2 fully saturated rings. The molecule has 0 saturated carbocycles. The number of hydrogen-bond donors (Lipinski definition) is 0. The highest BCUT2D eigenvalue weighted by molar-refractivity contribution is 6.31. The number of benzene rings is 1. The van der Waals surface area contributed by atoms with Gasteiger partial charge in [-0.2, -0.15) is 0 Å². The zero-order valence-corrected chi connectivity index (χ0v) is 16.6. The van der Waals surface area contributed by atoms with Gasteiger partial charge in [-0.15, -0.1) is 0 Å². The van der Waals surface area contributed by atoms with Gasteiger partial charge in [0.1, 0.15) is 0 Å². The number of carbonyl (C=O) groups is 4. The monoisotopic (exact) mass is 419 g/mol. The van der Waals surface area contributed by atoms with Gasteiger partial charge >= 0.3 is 11.9 Å². The molecule has 0 radical (unpaired) electrons. The maximum Gasteiger partial charge on any atom is 0.305 e. The summed E-state index contributed by atoms with van der Waals surface area (Å²) >= 11 is 6.07. The summed E-state index contributed by atoms with van der Waals surface area (Å²) in [5.41, 5.74) is -0.489. The molecule has 1 aromatic rings. The summed E-state index contributed by atoms with van der Waals surface area (Å²) in [7, 11) is 0. The van der Waals surface area contributed by atoms with Gasteiger partial charge in [-0.1, -0.05) is 23.7 Å². The predicted molar refractivity (Wildman–Crippen MR) is 99.7 cm³/mol. The van der Waals surface area contributed by atoms with Crippen LogP contribution >= 0.6 is 11.6 Å². The van der Waals surface area contributed by atoms with Crippen molar-refractivity contribution < 1.29 is 33.4 Å². The molecule has 9 heteroatoms. The van der Waals surface area contributed by atoms with Crippen molar-refractivity contribution in [2.75, 3.05) is 4.90 Å². The fourth-order valence-electron chi connectivity index (χ4n) is 4.28. The number of hydrogen-bond acceptors (Lipinski definition) is 7. The average Bonchev–Trinajstić information content (AvgIpc) is 3.27. The molecule has 2 amide bonds. The zero-order chi connectivity index (χ0) is 21.1. The number of amides is 2. The zero-order valence-electron chi connectivity index (χ0n) is 15.9. The number of ether oxygens (including phenoxy) is 3. The van der Waals surface area contributed by atoms with Gasteiger partial charge in [-0.3, -0.25) is 19.2 Å². The van der Waals surface area contributed by atoms with Crippen molar-refractivity contribution in [1.29, 1.82) is 0 Å². The molecule has 4 rings (SSSR count). The van der Waals surface area contributed by atoms with Crippen LogP contribution in [0, 0.1) is 18.8 Å². The van der Waals surface area contributed by atoms with Crippen LogP contribution in [0.4, 0.5) is 5.69 Å². The fourth-order valence-corrected chi connectivity index (χ4v) is 4.44. The topological polar surface area (TPSA) is 99.2 Å². The Morgan fingerprint density at radius 1 is 1.17 bits per heavy atom. The molecule has 8 nitrogen and oxygen atoms in total. The first-order valence-electron chi connectivity index (χ1n) is 9.01. The summed E-state index contributed by atoms with van der Waals surface area (Å²) in [4.78, 5) is 50.9. The van der Waals surface area contributed by atoms with Crippen molar-refractivity contribution in [3.63, 3.8) is 0 Å². The van der Waals surface area contributed by atoms with Gasteiger partial charge in [0.05, 0.1) is 23.6 Å². The highest BCUT2D eigenvalue weighted by Gasteiger charge is 2.72. The summed E-state index contributed by atoms with van der Waals surface area (Å²) in [6, 6.07) is 4.93. The second-order valence-corrected chi connectivity index (χ2v) is 7.73. The minimum absolute atomic E-state index is 0.382. The SMILES string of the molecule is CC(=O)OC(OC(C)=O)[C@]12C=C[C@@H](O1)[C@@H]1C(=O)N(c3cc(Cl)ccc3C)C(=O)[C@@H]12. The lowest BCUT2D eigenvalue weighted by Gasteiger charge is -2.34. The van der Waals surface area contributed by atoms with Crippen LogP contribution in [0.3, 0.4) is 0 Å². The third kappa shape index (κ3) is 2.86. The molecule has 3 aliphatic heterocycles. The summed E-state index contributed by atoms with van der Waals surface area (Å²) in [6.45, 7) is 4.07. The number of fused-ring (bicyclic) bond motifs is 5. The quantitative estimate of drug-likeness (QED) is 0.318. The van der Waals surface area contributed by atoms with E-state index < -0.39 is 53.6 Å². The van der Waals surface area contributed by atoms with E-state index in [2.05, 4.69) is 0 Å². The van der Waals surface area contributed by atoms with E-state index in [0.717, 1.165) is 18.7 Å². The number of esters is 2. The molecule has 4 atom stereocenters. The van der Waals surface area contributed by atoms with Gasteiger partial charge < -0.3 is 14.2 Å². The lowest BCUT2D eigenvalue weighted by molar-refractivity contribution is -0.226. The standard InChI is InChI=1S/C20H18ClNO7/c1-9-4-5-12(21)8-13(9)22-17(25)15-14-6-7-20(29-14,16(15)18(22)26)19(27-10(2)23)28-11(3)24/h4-8,14-16,19H,1-3H3/t14-,15+,16-,20-/m1/s1. The van der Waals surface area contributed by atoms with Crippen molar-refractivity contribution >= 4 is 41.0 Å². The van der Waals surface area contributed by atoms with E-state index in [1.807, 2.05) is 0 Å². The molecule has 0 aromatic heterocycles. The van der Waals surface area contributed by atoms with Crippen LogP contribution in [0.15, 0.2) is 30.4 Å². The van der Waals surface area contributed by atoms with Crippen LogP contribution in [0.2, 0.25) is 5.02 Å². The maximum atomic E-state index is 13.4. The minimum Gasteiger partial charge on any atom is -0.422 e. The number of nitrogens with zero attached hydrogens (tertiary/aromatic N) is 1. The van der Waals surface area contributed by atoms with Crippen molar-refractivity contribution in [2.45, 2.75) is 38.8 Å². The third-order valence-electron chi connectivity index (χ3n) is 5.40. The molecule has 0 aliphatic carbocycles. The number of anilines is 1. The first-order valence-corrected chi connectivity index (χ1v) is 9.39. The molecular formula is C20H18ClNO7. The van der Waals surface area contributed by atoms with Gasteiger partial charge in [0.15, 0.2) is 5.60 Å². The Kier molecular flexibility index (Phi) is 4.51. The van der Waals surface area contributed by atoms with Crippen molar-refractivity contribution in [3.8, 4) is 0 Å². The van der Waals surface area contributed by atoms with E-state index in [1.54, 1.807) is 31.2 Å². The van der Waals surface area contributed by atoms with Crippen molar-refractivity contribution in [3.05, 3.63) is 40.9 Å². The number of halogens is 1. The Hall–Kier alpha value is -2.71. The Morgan fingerprint density at radius 2 is 1.83 bits per heavy atom. The number of aryl methyl sites for hydroxylation is 1. The summed E-state index contributed by atoms with van der Waals surface area (Å²) in [5, 5.41) is 0.382. The maximum absolute atomic E-state index is 13.4. The molecule has 2 saturated heterocycles. The lowest BCUT2D eigenvalue weighted by atomic mass is 9.76. The van der Waals surface area contributed by atoms with Crippen LogP contribution in [-0.2, 0) is 33.4 Å². The molecule has 1 aromatic carbocycles. The van der Waals surface area contributed by atoms with E-state index in [1.165, 1.54) is 6.08 Å². The fraction of sp³-hybridized carbons (Fsp3) is 0.400. The molecule has 0 spiro atoms. The first kappa shape index (κ1) is 19.6. The third-order valence-corrected chi connectivity index (χ3v) is 5.64. The summed E-state index contributed by atoms with van der Waals surface area (Å²) < 4.78 is 16.3. The largest absolute Gasteiger partial charge is 0.422 e. The molecular weight excluding hydrogens is 402 g/mol. The molecule has 29 heavy (non-hydrogen) atoms. The predicted octanol–water partition coefficient (Wildman–Crippen LogP) is 1.91. The van der Waals surface area contributed by atoms with E-state index >= 15 is 0 Å². The Bertz CT molecular complexity index is 958. The molecule has 2 bridgehead atoms. The van der Waals surface area contributed by atoms with Crippen molar-refractivity contribution in [2.24, 2.45) is 11.8 Å². The Balaban J connectivity index is 1.77. The Morgan fingerprint density at radius 3 is 2.45 bits per heavy atom. The number of imide groups is 1. The Labute approximate surface area is 171 Å². The minimum atomic E-state index is -1.57. The molecule has 3 aliphatic rings. The van der Waals surface area contributed by atoms with Crippen LogP contribution in [0.5, 0.6) is 0 Å². The molecule has 0 N–H and O–H groups in total. The van der Waals surface area contributed by atoms with E-state index in [0.29, 0.717) is 16.3 Å². The van der Waals surface area contributed by atoms with Crippen LogP contribution in [0.1, 0.15) is 19.4 Å². The highest BCUT2D eigenvalue weighted by atomic mass is 35.5. The van der Waals surface area contributed by atoms with E-state index in [9.17, 15) is 19.2 Å². The smallest absolute Gasteiger partial charge is 0.305 e. The van der Waals surface area contributed by atoms with Crippen molar-refractivity contribution in [1.82, 2.24) is 0 Å². The van der Waals surface area contributed by atoms with Crippen LogP contribution < -0.4 is 4.90 Å². The van der Waals surface area contributed by atoms with Gasteiger partial charge in [0.25, 0.3) is 6.29 Å². The van der Waals surface area contributed by atoms with Gasteiger partial charge in [-0.25, -0.2) is 4.90 Å². The molecule has 0 unspecified atom stereocenters. The highest BCUT2D eigenvalue weighted by Crippen LogP contribution is 2.55. The normalized spacial score (nSPS) is 29.6. The van der Waals surface area contributed by atoms with Gasteiger partial charge in [0, 0.05) is 18.9 Å². The first-order chi connectivity index (χ1) is 13.7. The van der Waals surface area contributed by atoms with E-state index in [4.69, 9.17) is 25.8 Å². The lowest BCUT2D eigenvalue weighted by Crippen LogP contribution is -2.52. The van der Waals surface area contributed by atoms with Gasteiger partial charge in [-0.05, 0) is 30.7 Å². The van der Waals surface area contributed by atoms with Crippen LogP contribution in [0.25, 0.3) is 0 Å². The molecule has 3 heterocycles. The van der Waals surface area contributed by atoms with E-state index in [-0.39, 0.29) is 0 Å². The average molecular weight is 420 g/mol. The summed E-state index contributed by atoms with van der Waals surface area (Å²) in [6.07, 6.45) is 0.968. The van der Waals surface area contributed by atoms with Crippen LogP contribution in [-0.4, -0.2) is 41.7 Å². The second kappa shape index (κ2) is 6.67. The summed E-state index contributed by atoms with van der Waals surface area (Å²) in [5.74, 6) is -4.22. The molecule has 152 valence electrons. The number of carbonyl (C=O) groups excluding carboxylic acids is 4. The second-order valence-electron chi connectivity index (χ2n) is 7.29. The van der Waals surface area contributed by atoms with Gasteiger partial charge in [0.2, 0.25) is 11.8 Å².